The molecule has 1 aliphatic rings. The van der Waals surface area contributed by atoms with Gasteiger partial charge in [0, 0.05) is 27.1 Å². The number of nitrogens with zero attached hydrogens (tertiary/aromatic N) is 2. The molecule has 0 saturated carbocycles. The van der Waals surface area contributed by atoms with Crippen molar-refractivity contribution in [2.24, 2.45) is 0 Å². The first kappa shape index (κ1) is 33.9. The Morgan fingerprint density at radius 3 is 2.21 bits per heavy atom. The number of sulfone groups is 1. The van der Waals surface area contributed by atoms with Crippen LogP contribution in [0.15, 0.2) is 47.4 Å². The zero-order chi connectivity index (χ0) is 32.3. The largest absolute Gasteiger partial charge is 0.458 e. The maximum absolute atomic E-state index is 14.2. The number of halogens is 2. The first-order valence-corrected chi connectivity index (χ1v) is 16.2. The summed E-state index contributed by atoms with van der Waals surface area (Å²) in [5.74, 6) is -6.27. The van der Waals surface area contributed by atoms with Crippen molar-refractivity contribution in [2.75, 3.05) is 32.1 Å². The molecule has 0 spiro atoms. The van der Waals surface area contributed by atoms with Crippen molar-refractivity contribution in [3.05, 3.63) is 59.7 Å². The number of carbonyl (C=O) groups excluding carboxylic acids is 3. The molecule has 2 aromatic rings. The van der Waals surface area contributed by atoms with Gasteiger partial charge in [-0.2, -0.15) is 0 Å². The lowest BCUT2D eigenvalue weighted by atomic mass is 10.0. The van der Waals surface area contributed by atoms with Crippen LogP contribution in [0, 0.1) is 11.6 Å². The highest BCUT2D eigenvalue weighted by molar-refractivity contribution is 7.91. The van der Waals surface area contributed by atoms with E-state index in [4.69, 9.17) is 9.47 Å². The third-order valence-corrected chi connectivity index (χ3v) is 9.54. The number of nitrogens with one attached hydrogen (secondary N) is 1. The Kier molecular flexibility index (Phi) is 10.2. The molecule has 16 heteroatoms. The van der Waals surface area contributed by atoms with Crippen LogP contribution in [0.4, 0.5) is 13.6 Å². The van der Waals surface area contributed by atoms with Crippen molar-refractivity contribution in [1.82, 2.24) is 14.5 Å². The molecule has 2 atom stereocenters. The molecule has 3 rings (SSSR count). The van der Waals surface area contributed by atoms with Gasteiger partial charge < -0.3 is 19.7 Å². The molecule has 1 heterocycles. The van der Waals surface area contributed by atoms with E-state index >= 15 is 0 Å². The Bertz CT molecular complexity index is 1590. The summed E-state index contributed by atoms with van der Waals surface area (Å²) in [5.41, 5.74) is -0.852. The van der Waals surface area contributed by atoms with Crippen molar-refractivity contribution >= 4 is 37.8 Å². The topological polar surface area (TPSA) is 156 Å². The summed E-state index contributed by atoms with van der Waals surface area (Å²) in [7, 11) is -5.92. The van der Waals surface area contributed by atoms with Gasteiger partial charge in [0.05, 0.1) is 16.4 Å². The number of hydrogen-bond donors (Lipinski definition) is 1. The number of ether oxygens (including phenoxy) is 2. The minimum Gasteiger partial charge on any atom is -0.458 e. The van der Waals surface area contributed by atoms with Crippen LogP contribution in [0.25, 0.3) is 0 Å². The summed E-state index contributed by atoms with van der Waals surface area (Å²) in [6.45, 7) is 4.38. The smallest absolute Gasteiger partial charge is 0.414 e. The molecular formula is C27H33F2N3O9S2. The van der Waals surface area contributed by atoms with Gasteiger partial charge in [-0.1, -0.05) is 12.1 Å². The van der Waals surface area contributed by atoms with Crippen molar-refractivity contribution < 1.29 is 49.5 Å². The van der Waals surface area contributed by atoms with Gasteiger partial charge in [0.1, 0.15) is 23.4 Å². The SMILES string of the molecule is CN(C)C(=O)Oc1ccc(C[C@@H](C(=O)OC(C)(C)C)N(C(=O)C2CS(=O)(=O)CCN2)S(=O)(=O)c2ccc(F)c(F)c2)cc1. The number of carbonyl (C=O) groups is 3. The van der Waals surface area contributed by atoms with Gasteiger partial charge in [0.2, 0.25) is 0 Å². The van der Waals surface area contributed by atoms with Crippen LogP contribution < -0.4 is 10.1 Å². The van der Waals surface area contributed by atoms with Crippen molar-refractivity contribution in [3.63, 3.8) is 0 Å². The number of rotatable bonds is 8. The fourth-order valence-corrected chi connectivity index (χ4v) is 6.97. The molecule has 1 N–H and O–H groups in total. The normalized spacial score (nSPS) is 17.4. The first-order chi connectivity index (χ1) is 19.8. The predicted molar refractivity (Wildman–Crippen MR) is 150 cm³/mol. The molecule has 236 valence electrons. The lowest BCUT2D eigenvalue weighted by molar-refractivity contribution is -0.162. The minimum absolute atomic E-state index is 0.134. The first-order valence-electron chi connectivity index (χ1n) is 13.0. The molecule has 0 aromatic heterocycles. The Balaban J connectivity index is 2.14. The Morgan fingerprint density at radius 1 is 1.05 bits per heavy atom. The molecule has 12 nitrogen and oxygen atoms in total. The van der Waals surface area contributed by atoms with E-state index in [1.165, 1.54) is 64.0 Å². The van der Waals surface area contributed by atoms with E-state index in [2.05, 4.69) is 5.32 Å². The zero-order valence-corrected chi connectivity index (χ0v) is 25.8. The van der Waals surface area contributed by atoms with Gasteiger partial charge in [-0.05, 0) is 56.7 Å². The molecule has 0 bridgehead atoms. The Hall–Kier alpha value is -3.63. The summed E-state index contributed by atoms with van der Waals surface area (Å²) in [6.07, 6.45) is -1.13. The average Bonchev–Trinajstić information content (AvgIpc) is 2.88. The fraction of sp³-hybridized carbons (Fsp3) is 0.444. The highest BCUT2D eigenvalue weighted by Gasteiger charge is 2.45. The Morgan fingerprint density at radius 2 is 1.67 bits per heavy atom. The summed E-state index contributed by atoms with van der Waals surface area (Å²) in [4.78, 5) is 39.7. The number of amides is 2. The van der Waals surface area contributed by atoms with Crippen molar-refractivity contribution in [2.45, 2.75) is 49.8 Å². The average molecular weight is 646 g/mol. The highest BCUT2D eigenvalue weighted by Crippen LogP contribution is 2.27. The van der Waals surface area contributed by atoms with E-state index in [-0.39, 0.29) is 22.4 Å². The van der Waals surface area contributed by atoms with Gasteiger partial charge in [0.25, 0.3) is 15.9 Å². The Labute approximate surface area is 248 Å². The number of sulfonamides is 1. The second-order valence-corrected chi connectivity index (χ2v) is 15.0. The number of hydrogen-bond acceptors (Lipinski definition) is 10. The fourth-order valence-electron chi connectivity index (χ4n) is 4.03. The summed E-state index contributed by atoms with van der Waals surface area (Å²) >= 11 is 0. The monoisotopic (exact) mass is 645 g/mol. The van der Waals surface area contributed by atoms with Crippen LogP contribution in [0.1, 0.15) is 26.3 Å². The third kappa shape index (κ3) is 8.70. The van der Waals surface area contributed by atoms with Gasteiger partial charge in [-0.15, -0.1) is 0 Å². The summed E-state index contributed by atoms with van der Waals surface area (Å²) in [6, 6.07) is 3.75. The van der Waals surface area contributed by atoms with Crippen molar-refractivity contribution in [1.29, 1.82) is 0 Å². The van der Waals surface area contributed by atoms with E-state index in [0.717, 1.165) is 6.07 Å². The van der Waals surface area contributed by atoms with Crippen LogP contribution >= 0.6 is 0 Å². The third-order valence-electron chi connectivity index (χ3n) is 6.07. The summed E-state index contributed by atoms with van der Waals surface area (Å²) < 4.78 is 91.3. The zero-order valence-electron chi connectivity index (χ0n) is 24.2. The quantitative estimate of drug-likeness (QED) is 0.421. The van der Waals surface area contributed by atoms with Gasteiger partial charge in [-0.25, -0.2) is 39.5 Å². The lowest BCUT2D eigenvalue weighted by Gasteiger charge is -2.35. The molecule has 43 heavy (non-hydrogen) atoms. The van der Waals surface area contributed by atoms with Crippen LogP contribution in [0.3, 0.4) is 0 Å². The standard InChI is InChI=1S/C27H33F2N3O9S2/c1-27(2,3)41-25(34)23(14-17-6-8-18(9-7-17)40-26(35)31(4)5)32(24(33)22-16-42(36,37)13-12-30-22)43(38,39)19-10-11-20(28)21(29)15-19/h6-11,15,22-23,30H,12-14,16H2,1-5H3/t22?,23-/m0/s1. The van der Waals surface area contributed by atoms with Crippen LogP contribution in [0.2, 0.25) is 0 Å². The van der Waals surface area contributed by atoms with E-state index in [1.54, 1.807) is 0 Å². The molecule has 2 amide bonds. The maximum Gasteiger partial charge on any atom is 0.414 e. The highest BCUT2D eigenvalue weighted by atomic mass is 32.2. The van der Waals surface area contributed by atoms with Gasteiger partial charge >= 0.3 is 12.1 Å². The van der Waals surface area contributed by atoms with Gasteiger partial charge in [0.15, 0.2) is 21.5 Å². The second kappa shape index (κ2) is 12.9. The molecule has 1 saturated heterocycles. The van der Waals surface area contributed by atoms with Crippen LogP contribution in [0.5, 0.6) is 5.75 Å². The molecule has 0 aliphatic carbocycles. The summed E-state index contributed by atoms with van der Waals surface area (Å²) in [5, 5.41) is 2.67. The molecule has 0 radical (unpaired) electrons. The maximum atomic E-state index is 14.2. The molecule has 2 aromatic carbocycles. The van der Waals surface area contributed by atoms with Gasteiger partial charge in [-0.3, -0.25) is 4.79 Å². The lowest BCUT2D eigenvalue weighted by Crippen LogP contribution is -2.60. The van der Waals surface area contributed by atoms with E-state index in [9.17, 15) is 40.0 Å². The molecular weight excluding hydrogens is 612 g/mol. The van der Waals surface area contributed by atoms with E-state index in [1.807, 2.05) is 0 Å². The number of esters is 1. The minimum atomic E-state index is -5.11. The van der Waals surface area contributed by atoms with Crippen LogP contribution in [-0.2, 0) is 40.6 Å². The predicted octanol–water partition coefficient (Wildman–Crippen LogP) is 1.88. The second-order valence-electron chi connectivity index (χ2n) is 11.0. The van der Waals surface area contributed by atoms with Crippen LogP contribution in [-0.4, -0.2) is 93.8 Å². The van der Waals surface area contributed by atoms with E-state index < -0.39 is 84.2 Å². The molecule has 1 fully saturated rings. The molecule has 1 unspecified atom stereocenters. The molecule has 1 aliphatic heterocycles. The van der Waals surface area contributed by atoms with E-state index in [0.29, 0.717) is 17.7 Å². The van der Waals surface area contributed by atoms with Crippen molar-refractivity contribution in [3.8, 4) is 5.75 Å². The number of benzene rings is 2.